The summed E-state index contributed by atoms with van der Waals surface area (Å²) in [6.07, 6.45) is 8.55. The normalized spacial score (nSPS) is 25.3. The molecule has 0 bridgehead atoms. The molecule has 0 saturated carbocycles. The van der Waals surface area contributed by atoms with Crippen molar-refractivity contribution >= 4 is 18.7 Å². The zero-order valence-electron chi connectivity index (χ0n) is 22.5. The van der Waals surface area contributed by atoms with Gasteiger partial charge in [0.15, 0.2) is 0 Å². The number of aliphatic hydroxyl groups excluding tert-OH is 1. The van der Waals surface area contributed by atoms with Crippen LogP contribution in [-0.2, 0) is 14.0 Å². The van der Waals surface area contributed by atoms with Crippen molar-refractivity contribution in [2.75, 3.05) is 13.2 Å². The summed E-state index contributed by atoms with van der Waals surface area (Å²) in [4.78, 5) is 15.1. The highest BCUT2D eigenvalue weighted by Gasteiger charge is 2.51. The van der Waals surface area contributed by atoms with Crippen LogP contribution in [0.5, 0.6) is 0 Å². The van der Waals surface area contributed by atoms with Crippen LogP contribution in [0.4, 0.5) is 4.79 Å². The number of carbonyl (C=O) groups excluding carboxylic acids is 1. The Bertz CT molecular complexity index is 923. The van der Waals surface area contributed by atoms with Crippen molar-refractivity contribution in [3.63, 3.8) is 0 Å². The Morgan fingerprint density at radius 3 is 2.31 bits per heavy atom. The predicted molar refractivity (Wildman–Crippen MR) is 141 cm³/mol. The molecule has 192 valence electrons. The molecule has 0 radical (unpaired) electrons. The van der Waals surface area contributed by atoms with Gasteiger partial charge in [0.05, 0.1) is 17.2 Å². The molecule has 2 atom stereocenters. The minimum Gasteiger partial charge on any atom is -0.438 e. The van der Waals surface area contributed by atoms with Crippen molar-refractivity contribution in [3.8, 4) is 0 Å². The van der Waals surface area contributed by atoms with Crippen LogP contribution in [0, 0.1) is 0 Å². The van der Waals surface area contributed by atoms with Crippen molar-refractivity contribution in [3.05, 3.63) is 53.6 Å². The van der Waals surface area contributed by atoms with Gasteiger partial charge in [-0.3, -0.25) is 0 Å². The Kier molecular flexibility index (Phi) is 8.56. The fourth-order valence-corrected chi connectivity index (χ4v) is 4.81. The third-order valence-corrected chi connectivity index (χ3v) is 7.72. The quantitative estimate of drug-likeness (QED) is 0.381. The average Bonchev–Trinajstić information content (AvgIpc) is 3.04. The number of ether oxygens (including phenoxy) is 1. The maximum absolute atomic E-state index is 13.3. The van der Waals surface area contributed by atoms with E-state index in [9.17, 15) is 9.90 Å². The van der Waals surface area contributed by atoms with Crippen LogP contribution in [0.3, 0.4) is 0 Å². The summed E-state index contributed by atoms with van der Waals surface area (Å²) < 4.78 is 18.5. The summed E-state index contributed by atoms with van der Waals surface area (Å²) in [5.74, 6) is 0. The first-order valence-electron chi connectivity index (χ1n) is 12.9. The van der Waals surface area contributed by atoms with Gasteiger partial charge in [-0.15, -0.1) is 0 Å². The Morgan fingerprint density at radius 2 is 1.80 bits per heavy atom. The Labute approximate surface area is 211 Å². The Morgan fingerprint density at radius 1 is 1.17 bits per heavy atom. The number of carbonyl (C=O) groups is 1. The first-order chi connectivity index (χ1) is 16.5. The van der Waals surface area contributed by atoms with E-state index >= 15 is 0 Å². The van der Waals surface area contributed by atoms with Gasteiger partial charge in [-0.25, -0.2) is 4.79 Å². The summed E-state index contributed by atoms with van der Waals surface area (Å²) >= 11 is 0. The number of rotatable bonds is 9. The molecule has 35 heavy (non-hydrogen) atoms. The monoisotopic (exact) mass is 483 g/mol. The molecule has 7 heteroatoms. The summed E-state index contributed by atoms with van der Waals surface area (Å²) in [5, 5.41) is 9.46. The van der Waals surface area contributed by atoms with Crippen LogP contribution in [0.25, 0.3) is 0 Å². The highest BCUT2D eigenvalue weighted by Crippen LogP contribution is 2.39. The molecule has 2 heterocycles. The van der Waals surface area contributed by atoms with Gasteiger partial charge in [0, 0.05) is 19.6 Å². The lowest BCUT2D eigenvalue weighted by Gasteiger charge is -2.44. The summed E-state index contributed by atoms with van der Waals surface area (Å²) in [5.41, 5.74) is 1.54. The van der Waals surface area contributed by atoms with Gasteiger partial charge >= 0.3 is 13.2 Å². The SMILES string of the molecule is CC=CC(=CCC)C1(CCCO)CCN(C(C)c2ccc(B3OC(C)(C)C(C)(C)O3)cc2)C(=O)O1. The molecule has 0 spiro atoms. The summed E-state index contributed by atoms with van der Waals surface area (Å²) in [6, 6.07) is 7.97. The van der Waals surface area contributed by atoms with E-state index in [1.807, 2.05) is 78.0 Å². The van der Waals surface area contributed by atoms with Crippen molar-refractivity contribution in [2.45, 2.75) is 97.0 Å². The maximum Gasteiger partial charge on any atom is 0.494 e. The van der Waals surface area contributed by atoms with E-state index in [1.165, 1.54) is 0 Å². The van der Waals surface area contributed by atoms with Crippen LogP contribution in [0.15, 0.2) is 48.1 Å². The van der Waals surface area contributed by atoms with Gasteiger partial charge in [-0.1, -0.05) is 49.4 Å². The average molecular weight is 483 g/mol. The van der Waals surface area contributed by atoms with Crippen molar-refractivity contribution in [1.29, 1.82) is 0 Å². The Balaban J connectivity index is 1.75. The molecule has 2 fully saturated rings. The fourth-order valence-electron chi connectivity index (χ4n) is 4.81. The van der Waals surface area contributed by atoms with Crippen LogP contribution in [-0.4, -0.2) is 53.2 Å². The number of hydrogen-bond acceptors (Lipinski definition) is 5. The minimum atomic E-state index is -0.695. The standard InChI is InChI=1S/C28H42BNO5/c1-8-11-23(12-9-2)28(17-10-20-31)18-19-30(25(32)33-28)21(3)22-13-15-24(16-14-22)29-34-26(4,5)27(6,7)35-29/h8,11-16,21,31H,9-10,17-20H2,1-7H3. The topological polar surface area (TPSA) is 68.2 Å². The number of benzene rings is 1. The van der Waals surface area contributed by atoms with E-state index in [-0.39, 0.29) is 29.9 Å². The van der Waals surface area contributed by atoms with E-state index in [1.54, 1.807) is 4.90 Å². The zero-order valence-corrected chi connectivity index (χ0v) is 22.5. The summed E-state index contributed by atoms with van der Waals surface area (Å²) in [7, 11) is -0.410. The van der Waals surface area contributed by atoms with Crippen LogP contribution < -0.4 is 5.46 Å². The molecule has 3 rings (SSSR count). The molecule has 2 unspecified atom stereocenters. The van der Waals surface area contributed by atoms with E-state index in [0.717, 1.165) is 23.0 Å². The number of allylic oxidation sites excluding steroid dienone is 2. The van der Waals surface area contributed by atoms with Gasteiger partial charge < -0.3 is 24.1 Å². The molecule has 0 aliphatic carbocycles. The Hall–Kier alpha value is -2.09. The van der Waals surface area contributed by atoms with Crippen molar-refractivity contribution in [2.24, 2.45) is 0 Å². The van der Waals surface area contributed by atoms with E-state index in [4.69, 9.17) is 14.0 Å². The second-order valence-electron chi connectivity index (χ2n) is 10.6. The van der Waals surface area contributed by atoms with E-state index in [0.29, 0.717) is 25.8 Å². The number of hydrogen-bond donors (Lipinski definition) is 1. The van der Waals surface area contributed by atoms with Crippen LogP contribution in [0.1, 0.15) is 85.8 Å². The van der Waals surface area contributed by atoms with Gasteiger partial charge in [-0.05, 0) is 77.4 Å². The molecule has 6 nitrogen and oxygen atoms in total. The van der Waals surface area contributed by atoms with E-state index in [2.05, 4.69) is 13.0 Å². The number of nitrogens with zero attached hydrogens (tertiary/aromatic N) is 1. The smallest absolute Gasteiger partial charge is 0.438 e. The lowest BCUT2D eigenvalue weighted by atomic mass is 9.78. The van der Waals surface area contributed by atoms with Gasteiger partial charge in [0.2, 0.25) is 0 Å². The second kappa shape index (κ2) is 10.9. The predicted octanol–water partition coefficient (Wildman–Crippen LogP) is 5.31. The fraction of sp³-hybridized carbons (Fsp3) is 0.607. The molecule has 0 aromatic heterocycles. The van der Waals surface area contributed by atoms with Gasteiger partial charge in [-0.2, -0.15) is 0 Å². The molecule has 2 saturated heterocycles. The highest BCUT2D eigenvalue weighted by atomic mass is 16.7. The molecular weight excluding hydrogens is 441 g/mol. The van der Waals surface area contributed by atoms with Crippen LogP contribution in [0.2, 0.25) is 0 Å². The summed E-state index contributed by atoms with van der Waals surface area (Å²) in [6.45, 7) is 14.9. The molecule has 1 N–H and O–H groups in total. The highest BCUT2D eigenvalue weighted by molar-refractivity contribution is 6.62. The van der Waals surface area contributed by atoms with E-state index < -0.39 is 12.7 Å². The molecule has 1 aromatic rings. The maximum atomic E-state index is 13.3. The molecule has 2 aliphatic rings. The van der Waals surface area contributed by atoms with Crippen molar-refractivity contribution < 1.29 is 23.9 Å². The lowest BCUT2D eigenvalue weighted by molar-refractivity contribution is -0.0398. The zero-order chi connectivity index (χ0) is 25.9. The molecule has 1 aromatic carbocycles. The lowest BCUT2D eigenvalue weighted by Crippen LogP contribution is -2.51. The molecule has 2 aliphatic heterocycles. The molecular formula is C28H42BNO5. The second-order valence-corrected chi connectivity index (χ2v) is 10.6. The van der Waals surface area contributed by atoms with Crippen LogP contribution >= 0.6 is 0 Å². The van der Waals surface area contributed by atoms with Crippen molar-refractivity contribution in [1.82, 2.24) is 4.90 Å². The van der Waals surface area contributed by atoms with Gasteiger partial charge in [0.1, 0.15) is 5.60 Å². The first kappa shape index (κ1) is 27.5. The number of amides is 1. The first-order valence-corrected chi connectivity index (χ1v) is 12.9. The largest absolute Gasteiger partial charge is 0.494 e. The number of aliphatic hydroxyl groups is 1. The third kappa shape index (κ3) is 5.68. The van der Waals surface area contributed by atoms with Gasteiger partial charge in [0.25, 0.3) is 0 Å². The number of cyclic esters (lactones) is 1. The molecule has 1 amide bonds. The third-order valence-electron chi connectivity index (χ3n) is 7.72. The minimum absolute atomic E-state index is 0.0732.